The fourth-order valence-corrected chi connectivity index (χ4v) is 4.11. The van der Waals surface area contributed by atoms with Crippen molar-refractivity contribution in [2.45, 2.75) is 63.0 Å². The van der Waals surface area contributed by atoms with Crippen molar-refractivity contribution >= 4 is 16.0 Å². The van der Waals surface area contributed by atoms with E-state index in [9.17, 15) is 8.42 Å². The zero-order chi connectivity index (χ0) is 20.2. The van der Waals surface area contributed by atoms with E-state index in [1.807, 2.05) is 12.1 Å². The van der Waals surface area contributed by atoms with Gasteiger partial charge in [0.1, 0.15) is 0 Å². The molecule has 1 aromatic rings. The SMILES string of the molecule is CCCCCCNC(=NC)NCc1ccc(S(=O)(=O)NCC2CCCO2)cc1. The summed E-state index contributed by atoms with van der Waals surface area (Å²) in [6.45, 7) is 4.71. The molecule has 7 nitrogen and oxygen atoms in total. The van der Waals surface area contributed by atoms with Crippen LogP contribution >= 0.6 is 0 Å². The zero-order valence-electron chi connectivity index (χ0n) is 17.0. The first-order valence-corrected chi connectivity index (χ1v) is 11.7. The molecule has 1 aromatic carbocycles. The third-order valence-electron chi connectivity index (χ3n) is 4.77. The topological polar surface area (TPSA) is 91.8 Å². The number of guanidine groups is 1. The maximum Gasteiger partial charge on any atom is 0.240 e. The highest BCUT2D eigenvalue weighted by Crippen LogP contribution is 2.14. The van der Waals surface area contributed by atoms with Crippen molar-refractivity contribution in [2.75, 3.05) is 26.7 Å². The number of nitrogens with zero attached hydrogens (tertiary/aromatic N) is 1. The van der Waals surface area contributed by atoms with Gasteiger partial charge in [0.25, 0.3) is 0 Å². The third-order valence-corrected chi connectivity index (χ3v) is 6.20. The second kappa shape index (κ2) is 12.0. The molecule has 1 aliphatic rings. The Balaban J connectivity index is 1.77. The van der Waals surface area contributed by atoms with E-state index in [1.54, 1.807) is 19.2 Å². The van der Waals surface area contributed by atoms with Crippen molar-refractivity contribution in [2.24, 2.45) is 4.99 Å². The van der Waals surface area contributed by atoms with Crippen LogP contribution in [0.1, 0.15) is 51.0 Å². The molecule has 1 unspecified atom stereocenters. The van der Waals surface area contributed by atoms with Crippen LogP contribution in [-0.2, 0) is 21.3 Å². The molecule has 1 heterocycles. The summed E-state index contributed by atoms with van der Waals surface area (Å²) >= 11 is 0. The largest absolute Gasteiger partial charge is 0.377 e. The van der Waals surface area contributed by atoms with Crippen molar-refractivity contribution in [3.05, 3.63) is 29.8 Å². The van der Waals surface area contributed by atoms with Gasteiger partial charge < -0.3 is 15.4 Å². The summed E-state index contributed by atoms with van der Waals surface area (Å²) in [7, 11) is -1.76. The van der Waals surface area contributed by atoms with Crippen LogP contribution in [0, 0.1) is 0 Å². The Labute approximate surface area is 169 Å². The molecule has 1 aliphatic heterocycles. The number of hydrogen-bond donors (Lipinski definition) is 3. The molecule has 0 radical (unpaired) electrons. The summed E-state index contributed by atoms with van der Waals surface area (Å²) in [6.07, 6.45) is 6.71. The van der Waals surface area contributed by atoms with Gasteiger partial charge in [0.2, 0.25) is 10.0 Å². The highest BCUT2D eigenvalue weighted by atomic mass is 32.2. The number of nitrogens with one attached hydrogen (secondary N) is 3. The zero-order valence-corrected chi connectivity index (χ0v) is 17.9. The lowest BCUT2D eigenvalue weighted by atomic mass is 10.2. The van der Waals surface area contributed by atoms with E-state index < -0.39 is 10.0 Å². The smallest absolute Gasteiger partial charge is 0.240 e. The Kier molecular flexibility index (Phi) is 9.73. The van der Waals surface area contributed by atoms with E-state index in [2.05, 4.69) is 27.3 Å². The highest BCUT2D eigenvalue weighted by molar-refractivity contribution is 7.89. The summed E-state index contributed by atoms with van der Waals surface area (Å²) < 4.78 is 32.9. The van der Waals surface area contributed by atoms with Crippen LogP contribution < -0.4 is 15.4 Å². The lowest BCUT2D eigenvalue weighted by molar-refractivity contribution is 0.114. The van der Waals surface area contributed by atoms with E-state index in [0.717, 1.165) is 37.3 Å². The molecule has 0 aliphatic carbocycles. The second-order valence-electron chi connectivity index (χ2n) is 7.04. The Morgan fingerprint density at radius 3 is 2.61 bits per heavy atom. The van der Waals surface area contributed by atoms with Crippen LogP contribution in [0.25, 0.3) is 0 Å². The van der Waals surface area contributed by atoms with Crippen molar-refractivity contribution in [3.63, 3.8) is 0 Å². The molecule has 1 fully saturated rings. The van der Waals surface area contributed by atoms with Crippen molar-refractivity contribution < 1.29 is 13.2 Å². The van der Waals surface area contributed by atoms with Gasteiger partial charge in [-0.25, -0.2) is 13.1 Å². The minimum Gasteiger partial charge on any atom is -0.377 e. The monoisotopic (exact) mass is 410 g/mol. The van der Waals surface area contributed by atoms with E-state index >= 15 is 0 Å². The van der Waals surface area contributed by atoms with E-state index in [1.165, 1.54) is 19.3 Å². The number of rotatable bonds is 11. The van der Waals surface area contributed by atoms with Crippen LogP contribution in [0.2, 0.25) is 0 Å². The van der Waals surface area contributed by atoms with Gasteiger partial charge >= 0.3 is 0 Å². The Morgan fingerprint density at radius 1 is 1.18 bits per heavy atom. The maximum atomic E-state index is 12.4. The number of unbranched alkanes of at least 4 members (excludes halogenated alkanes) is 3. The summed E-state index contributed by atoms with van der Waals surface area (Å²) in [5.41, 5.74) is 0.993. The molecule has 28 heavy (non-hydrogen) atoms. The molecule has 0 amide bonds. The van der Waals surface area contributed by atoms with Crippen molar-refractivity contribution in [1.82, 2.24) is 15.4 Å². The second-order valence-corrected chi connectivity index (χ2v) is 8.81. The number of benzene rings is 1. The molecule has 2 rings (SSSR count). The summed E-state index contributed by atoms with van der Waals surface area (Å²) in [4.78, 5) is 4.49. The molecule has 0 bridgehead atoms. The average molecular weight is 411 g/mol. The first-order chi connectivity index (χ1) is 13.5. The minimum absolute atomic E-state index is 0.0144. The third kappa shape index (κ3) is 7.77. The Bertz CT molecular complexity index is 699. The fourth-order valence-electron chi connectivity index (χ4n) is 3.04. The molecule has 8 heteroatoms. The van der Waals surface area contributed by atoms with Gasteiger partial charge in [-0.2, -0.15) is 0 Å². The lowest BCUT2D eigenvalue weighted by Crippen LogP contribution is -2.37. The van der Waals surface area contributed by atoms with Crippen LogP contribution in [0.4, 0.5) is 0 Å². The van der Waals surface area contributed by atoms with E-state index in [0.29, 0.717) is 19.7 Å². The number of aliphatic imine (C=N–C) groups is 1. The highest BCUT2D eigenvalue weighted by Gasteiger charge is 2.20. The predicted octanol–water partition coefficient (Wildman–Crippen LogP) is 2.39. The van der Waals surface area contributed by atoms with E-state index in [4.69, 9.17) is 4.74 Å². The first kappa shape index (κ1) is 22.6. The van der Waals surface area contributed by atoms with Gasteiger partial charge in [0.15, 0.2) is 5.96 Å². The van der Waals surface area contributed by atoms with Gasteiger partial charge in [-0.05, 0) is 37.0 Å². The van der Waals surface area contributed by atoms with Crippen LogP contribution in [-0.4, -0.2) is 47.2 Å². The Morgan fingerprint density at radius 2 is 1.96 bits per heavy atom. The van der Waals surface area contributed by atoms with Crippen LogP contribution in [0.5, 0.6) is 0 Å². The molecule has 3 N–H and O–H groups in total. The van der Waals surface area contributed by atoms with Gasteiger partial charge in [-0.3, -0.25) is 4.99 Å². The quantitative estimate of drug-likeness (QED) is 0.296. The fraction of sp³-hybridized carbons (Fsp3) is 0.650. The van der Waals surface area contributed by atoms with Crippen molar-refractivity contribution in [3.8, 4) is 0 Å². The van der Waals surface area contributed by atoms with Gasteiger partial charge in [0.05, 0.1) is 11.0 Å². The summed E-state index contributed by atoms with van der Waals surface area (Å²) in [5.74, 6) is 0.756. The lowest BCUT2D eigenvalue weighted by Gasteiger charge is -2.13. The first-order valence-electron chi connectivity index (χ1n) is 10.2. The van der Waals surface area contributed by atoms with Gasteiger partial charge in [-0.15, -0.1) is 0 Å². The van der Waals surface area contributed by atoms with Gasteiger partial charge in [0, 0.05) is 33.3 Å². The predicted molar refractivity (Wildman–Crippen MR) is 113 cm³/mol. The molecule has 158 valence electrons. The molecular weight excluding hydrogens is 376 g/mol. The molecule has 0 spiro atoms. The molecule has 0 aromatic heterocycles. The van der Waals surface area contributed by atoms with Crippen LogP contribution in [0.3, 0.4) is 0 Å². The normalized spacial score (nSPS) is 17.6. The van der Waals surface area contributed by atoms with Gasteiger partial charge in [-0.1, -0.05) is 38.3 Å². The van der Waals surface area contributed by atoms with Crippen molar-refractivity contribution in [1.29, 1.82) is 0 Å². The van der Waals surface area contributed by atoms with E-state index in [-0.39, 0.29) is 11.0 Å². The minimum atomic E-state index is -3.51. The summed E-state index contributed by atoms with van der Waals surface area (Å²) in [5, 5.41) is 6.55. The Hall–Kier alpha value is -1.64. The number of sulfonamides is 1. The average Bonchev–Trinajstić information content (AvgIpc) is 3.23. The molecule has 0 saturated carbocycles. The standard InChI is InChI=1S/C20H34N4O3S/c1-3-4-5-6-13-22-20(21-2)23-15-17-9-11-19(12-10-17)28(25,26)24-16-18-8-7-14-27-18/h9-12,18,24H,3-8,13-16H2,1-2H3,(H2,21,22,23). The number of ether oxygens (including phenoxy) is 1. The molecular formula is C20H34N4O3S. The van der Waals surface area contributed by atoms with Crippen LogP contribution in [0.15, 0.2) is 34.2 Å². The number of hydrogen-bond acceptors (Lipinski definition) is 4. The summed E-state index contributed by atoms with van der Waals surface area (Å²) in [6, 6.07) is 6.91. The maximum absolute atomic E-state index is 12.4. The molecule has 1 saturated heterocycles. The molecule has 1 atom stereocenters.